The topological polar surface area (TPSA) is 21.7 Å². The molecule has 3 rings (SSSR count). The molecule has 0 saturated carbocycles. The van der Waals surface area contributed by atoms with Gasteiger partial charge in [0.15, 0.2) is 0 Å². The van der Waals surface area contributed by atoms with Gasteiger partial charge in [-0.2, -0.15) is 4.57 Å². The maximum absolute atomic E-state index is 4.13. The number of hydrogen-bond acceptors (Lipinski definition) is 1. The molecule has 0 N–H and O–H groups in total. The van der Waals surface area contributed by atoms with Gasteiger partial charge < -0.3 is 0 Å². The smallest absolute Gasteiger partial charge is 0.265 e. The Bertz CT molecular complexity index is 778. The molecule has 0 aliphatic carbocycles. The maximum atomic E-state index is 4.13. The number of hydrogen-bond donors (Lipinski definition) is 0. The molecule has 3 heteroatoms. The Morgan fingerprint density at radius 3 is 2.32 bits per heavy atom. The van der Waals surface area contributed by atoms with Crippen LogP contribution in [0.15, 0.2) is 49.1 Å². The van der Waals surface area contributed by atoms with Crippen molar-refractivity contribution in [2.45, 2.75) is 27.2 Å². The van der Waals surface area contributed by atoms with E-state index in [1.807, 2.05) is 12.4 Å². The van der Waals surface area contributed by atoms with Crippen molar-refractivity contribution in [3.63, 3.8) is 0 Å². The van der Waals surface area contributed by atoms with Crippen LogP contribution in [0.1, 0.15) is 23.6 Å². The predicted octanol–water partition coefficient (Wildman–Crippen LogP) is 3.54. The summed E-state index contributed by atoms with van der Waals surface area (Å²) in [7, 11) is 2.08. The van der Waals surface area contributed by atoms with Crippen LogP contribution in [0.25, 0.3) is 17.1 Å². The lowest BCUT2D eigenvalue weighted by molar-refractivity contribution is -0.659. The van der Waals surface area contributed by atoms with E-state index in [1.165, 1.54) is 27.9 Å². The van der Waals surface area contributed by atoms with E-state index in [9.17, 15) is 0 Å². The van der Waals surface area contributed by atoms with Crippen molar-refractivity contribution in [2.75, 3.05) is 0 Å². The van der Waals surface area contributed by atoms with Crippen LogP contribution in [0.4, 0.5) is 0 Å². The van der Waals surface area contributed by atoms with Crippen molar-refractivity contribution in [3.8, 4) is 17.1 Å². The summed E-state index contributed by atoms with van der Waals surface area (Å²) >= 11 is 0. The first-order valence-corrected chi connectivity index (χ1v) is 7.69. The molecule has 0 saturated heterocycles. The Balaban J connectivity index is 2.23. The Labute approximate surface area is 131 Å². The van der Waals surface area contributed by atoms with Gasteiger partial charge in [-0.25, -0.2) is 4.57 Å². The zero-order chi connectivity index (χ0) is 15.7. The van der Waals surface area contributed by atoms with E-state index in [0.717, 1.165) is 12.2 Å². The molecule has 0 radical (unpaired) electrons. The van der Waals surface area contributed by atoms with Crippen molar-refractivity contribution < 1.29 is 4.57 Å². The van der Waals surface area contributed by atoms with Gasteiger partial charge in [0.25, 0.3) is 5.82 Å². The third kappa shape index (κ3) is 2.43. The lowest BCUT2D eigenvalue weighted by atomic mass is 10.0. The first-order chi connectivity index (χ1) is 10.6. The molecule has 0 aliphatic rings. The van der Waals surface area contributed by atoms with Crippen molar-refractivity contribution in [3.05, 3.63) is 65.7 Å². The number of pyridine rings is 1. The molecule has 0 fully saturated rings. The SMILES string of the molecule is CCc1cc(C)c(-n2cc[n+](C)c2-c2ccncc2)c(C)c1. The van der Waals surface area contributed by atoms with Crippen LogP contribution in [-0.4, -0.2) is 9.55 Å². The van der Waals surface area contributed by atoms with E-state index in [1.54, 1.807) is 0 Å². The summed E-state index contributed by atoms with van der Waals surface area (Å²) in [4.78, 5) is 4.13. The van der Waals surface area contributed by atoms with E-state index in [2.05, 4.69) is 78.6 Å². The van der Waals surface area contributed by atoms with Gasteiger partial charge in [0, 0.05) is 12.4 Å². The van der Waals surface area contributed by atoms with Crippen LogP contribution in [0.2, 0.25) is 0 Å². The van der Waals surface area contributed by atoms with Gasteiger partial charge in [-0.05, 0) is 49.1 Å². The van der Waals surface area contributed by atoms with Crippen LogP contribution in [0.5, 0.6) is 0 Å². The number of nitrogens with zero attached hydrogens (tertiary/aromatic N) is 3. The van der Waals surface area contributed by atoms with Crippen molar-refractivity contribution >= 4 is 0 Å². The standard InChI is InChI=1S/C19H22N3/c1-5-16-12-14(2)18(15(3)13-16)22-11-10-21(4)19(22)17-6-8-20-9-7-17/h6-13H,5H2,1-4H3/q+1. The highest BCUT2D eigenvalue weighted by Gasteiger charge is 2.21. The molecular weight excluding hydrogens is 270 g/mol. The summed E-state index contributed by atoms with van der Waals surface area (Å²) in [6.45, 7) is 6.58. The molecule has 0 spiro atoms. The second-order valence-electron chi connectivity index (χ2n) is 5.77. The quantitative estimate of drug-likeness (QED) is 0.677. The molecule has 0 atom stereocenters. The van der Waals surface area contributed by atoms with E-state index in [4.69, 9.17) is 0 Å². The van der Waals surface area contributed by atoms with Gasteiger partial charge in [0.1, 0.15) is 18.1 Å². The number of imidazole rings is 1. The maximum Gasteiger partial charge on any atom is 0.293 e. The van der Waals surface area contributed by atoms with Crippen molar-refractivity contribution in [2.24, 2.45) is 7.05 Å². The molecule has 1 aromatic carbocycles. The monoisotopic (exact) mass is 292 g/mol. The fourth-order valence-electron chi connectivity index (χ4n) is 3.13. The van der Waals surface area contributed by atoms with Crippen LogP contribution in [0.3, 0.4) is 0 Å². The Hall–Kier alpha value is -2.42. The molecule has 3 nitrogen and oxygen atoms in total. The zero-order valence-corrected chi connectivity index (χ0v) is 13.7. The van der Waals surface area contributed by atoms with Crippen LogP contribution < -0.4 is 4.57 Å². The highest BCUT2D eigenvalue weighted by atomic mass is 15.1. The first-order valence-electron chi connectivity index (χ1n) is 7.69. The fourth-order valence-corrected chi connectivity index (χ4v) is 3.13. The predicted molar refractivity (Wildman–Crippen MR) is 89.0 cm³/mol. The van der Waals surface area contributed by atoms with Gasteiger partial charge in [-0.1, -0.05) is 19.1 Å². The second kappa shape index (κ2) is 5.76. The summed E-state index contributed by atoms with van der Waals surface area (Å²) in [6, 6.07) is 8.69. The van der Waals surface area contributed by atoms with Gasteiger partial charge in [-0.15, -0.1) is 0 Å². The summed E-state index contributed by atoms with van der Waals surface area (Å²) in [5.74, 6) is 1.16. The summed E-state index contributed by atoms with van der Waals surface area (Å²) in [5, 5.41) is 0. The van der Waals surface area contributed by atoms with E-state index in [-0.39, 0.29) is 0 Å². The Morgan fingerprint density at radius 1 is 1.09 bits per heavy atom. The summed E-state index contributed by atoms with van der Waals surface area (Å²) in [6.07, 6.45) is 8.98. The third-order valence-electron chi connectivity index (χ3n) is 4.14. The average molecular weight is 292 g/mol. The number of aromatic nitrogens is 3. The lowest BCUT2D eigenvalue weighted by Gasteiger charge is -2.11. The molecule has 0 bridgehead atoms. The highest BCUT2D eigenvalue weighted by molar-refractivity contribution is 5.59. The molecule has 0 unspecified atom stereocenters. The van der Waals surface area contributed by atoms with Crippen LogP contribution >= 0.6 is 0 Å². The fraction of sp³-hybridized carbons (Fsp3) is 0.263. The average Bonchev–Trinajstić information content (AvgIpc) is 2.89. The summed E-state index contributed by atoms with van der Waals surface area (Å²) in [5.41, 5.74) is 6.44. The molecule has 22 heavy (non-hydrogen) atoms. The van der Waals surface area contributed by atoms with Crippen molar-refractivity contribution in [1.82, 2.24) is 9.55 Å². The van der Waals surface area contributed by atoms with Crippen molar-refractivity contribution in [1.29, 1.82) is 0 Å². The first kappa shape index (κ1) is 14.5. The number of rotatable bonds is 3. The minimum Gasteiger partial charge on any atom is -0.265 e. The molecule has 2 heterocycles. The number of benzene rings is 1. The molecule has 2 aromatic heterocycles. The molecule has 112 valence electrons. The third-order valence-corrected chi connectivity index (χ3v) is 4.14. The molecule has 0 aliphatic heterocycles. The molecule has 3 aromatic rings. The Morgan fingerprint density at radius 2 is 1.73 bits per heavy atom. The van der Waals surface area contributed by atoms with E-state index >= 15 is 0 Å². The van der Waals surface area contributed by atoms with E-state index in [0.29, 0.717) is 0 Å². The molecule has 0 amide bonds. The lowest BCUT2D eigenvalue weighted by Crippen LogP contribution is -2.29. The van der Waals surface area contributed by atoms with Gasteiger partial charge in [-0.3, -0.25) is 4.98 Å². The van der Waals surface area contributed by atoms with Gasteiger partial charge in [0.2, 0.25) is 0 Å². The minimum atomic E-state index is 1.07. The highest BCUT2D eigenvalue weighted by Crippen LogP contribution is 2.26. The normalized spacial score (nSPS) is 10.9. The molecular formula is C19H22N3+. The zero-order valence-electron chi connectivity index (χ0n) is 13.7. The van der Waals surface area contributed by atoms with Crippen LogP contribution in [-0.2, 0) is 13.5 Å². The second-order valence-corrected chi connectivity index (χ2v) is 5.77. The van der Waals surface area contributed by atoms with E-state index < -0.39 is 0 Å². The van der Waals surface area contributed by atoms with Crippen LogP contribution in [0, 0.1) is 13.8 Å². The minimum absolute atomic E-state index is 1.07. The largest absolute Gasteiger partial charge is 0.293 e. The van der Waals surface area contributed by atoms with Gasteiger partial charge in [0.05, 0.1) is 12.6 Å². The van der Waals surface area contributed by atoms with Gasteiger partial charge >= 0.3 is 0 Å². The Kier molecular flexibility index (Phi) is 3.80. The summed E-state index contributed by atoms with van der Waals surface area (Å²) < 4.78 is 4.43. The number of aryl methyl sites for hydroxylation is 4.